The summed E-state index contributed by atoms with van der Waals surface area (Å²) in [7, 11) is 0. The van der Waals surface area contributed by atoms with Gasteiger partial charge in [0, 0.05) is 12.1 Å². The van der Waals surface area contributed by atoms with Crippen LogP contribution in [0.15, 0.2) is 48.5 Å². The van der Waals surface area contributed by atoms with Crippen molar-refractivity contribution in [1.82, 2.24) is 10.2 Å². The molecule has 0 aromatic heterocycles. The molecular formula is C23H29FN2O3. The van der Waals surface area contributed by atoms with Gasteiger partial charge in [0.05, 0.1) is 0 Å². The summed E-state index contributed by atoms with van der Waals surface area (Å²) >= 11 is 0. The van der Waals surface area contributed by atoms with E-state index in [0.29, 0.717) is 5.75 Å². The van der Waals surface area contributed by atoms with Crippen molar-refractivity contribution in [3.05, 3.63) is 65.5 Å². The molecule has 2 rings (SSSR count). The monoisotopic (exact) mass is 400 g/mol. The third-order valence-corrected chi connectivity index (χ3v) is 4.28. The lowest BCUT2D eigenvalue weighted by Gasteiger charge is -2.31. The standard InChI is InChI=1S/C23H29FN2O3/c1-16-7-6-8-20(13-16)29-15-21(27)26(14-18-9-11-19(24)12-10-18)17(2)22(28)25-23(3,4)5/h6-13,17H,14-15H2,1-5H3,(H,25,28). The van der Waals surface area contributed by atoms with Crippen molar-refractivity contribution < 1.29 is 18.7 Å². The fourth-order valence-electron chi connectivity index (χ4n) is 2.78. The summed E-state index contributed by atoms with van der Waals surface area (Å²) < 4.78 is 18.9. The van der Waals surface area contributed by atoms with Crippen molar-refractivity contribution in [3.63, 3.8) is 0 Å². The highest BCUT2D eigenvalue weighted by Crippen LogP contribution is 2.15. The van der Waals surface area contributed by atoms with Gasteiger partial charge >= 0.3 is 0 Å². The van der Waals surface area contributed by atoms with Crippen LogP contribution in [0.1, 0.15) is 38.8 Å². The first-order chi connectivity index (χ1) is 13.5. The number of aryl methyl sites for hydroxylation is 1. The zero-order chi connectivity index (χ0) is 21.6. The van der Waals surface area contributed by atoms with E-state index in [1.54, 1.807) is 25.1 Å². The summed E-state index contributed by atoms with van der Waals surface area (Å²) in [5.41, 5.74) is 1.33. The molecule has 156 valence electrons. The fourth-order valence-corrected chi connectivity index (χ4v) is 2.78. The zero-order valence-corrected chi connectivity index (χ0v) is 17.7. The van der Waals surface area contributed by atoms with Gasteiger partial charge in [0.2, 0.25) is 5.91 Å². The molecule has 2 amide bonds. The Morgan fingerprint density at radius 2 is 1.79 bits per heavy atom. The van der Waals surface area contributed by atoms with Gasteiger partial charge in [-0.2, -0.15) is 0 Å². The minimum Gasteiger partial charge on any atom is -0.484 e. The van der Waals surface area contributed by atoms with E-state index in [-0.39, 0.29) is 30.8 Å². The third kappa shape index (κ3) is 7.22. The summed E-state index contributed by atoms with van der Waals surface area (Å²) in [6.45, 7) is 9.23. The molecule has 1 atom stereocenters. The van der Waals surface area contributed by atoms with Gasteiger partial charge in [0.25, 0.3) is 5.91 Å². The largest absolute Gasteiger partial charge is 0.484 e. The van der Waals surface area contributed by atoms with Crippen molar-refractivity contribution in [2.75, 3.05) is 6.61 Å². The first-order valence-corrected chi connectivity index (χ1v) is 9.60. The third-order valence-electron chi connectivity index (χ3n) is 4.28. The van der Waals surface area contributed by atoms with Crippen LogP contribution in [-0.4, -0.2) is 34.9 Å². The maximum absolute atomic E-state index is 13.2. The maximum atomic E-state index is 13.2. The zero-order valence-electron chi connectivity index (χ0n) is 17.7. The quantitative estimate of drug-likeness (QED) is 0.768. The van der Waals surface area contributed by atoms with Gasteiger partial charge in [0.15, 0.2) is 6.61 Å². The topological polar surface area (TPSA) is 58.6 Å². The molecular weight excluding hydrogens is 371 g/mol. The van der Waals surface area contributed by atoms with Crippen LogP contribution in [0.3, 0.4) is 0 Å². The van der Waals surface area contributed by atoms with Crippen molar-refractivity contribution in [2.24, 2.45) is 0 Å². The number of ether oxygens (including phenoxy) is 1. The maximum Gasteiger partial charge on any atom is 0.261 e. The van der Waals surface area contributed by atoms with Crippen LogP contribution in [0, 0.1) is 12.7 Å². The number of hydrogen-bond acceptors (Lipinski definition) is 3. The molecule has 0 saturated heterocycles. The van der Waals surface area contributed by atoms with Gasteiger partial charge < -0.3 is 15.0 Å². The van der Waals surface area contributed by atoms with Crippen LogP contribution in [0.4, 0.5) is 4.39 Å². The molecule has 0 aliphatic heterocycles. The lowest BCUT2D eigenvalue weighted by Crippen LogP contribution is -2.53. The molecule has 0 radical (unpaired) electrons. The number of nitrogens with one attached hydrogen (secondary N) is 1. The Morgan fingerprint density at radius 3 is 2.38 bits per heavy atom. The van der Waals surface area contributed by atoms with Gasteiger partial charge in [-0.25, -0.2) is 4.39 Å². The lowest BCUT2D eigenvalue weighted by molar-refractivity contribution is -0.142. The van der Waals surface area contributed by atoms with Crippen molar-refractivity contribution in [3.8, 4) is 5.75 Å². The Kier molecular flexibility index (Phi) is 7.37. The van der Waals surface area contributed by atoms with E-state index in [9.17, 15) is 14.0 Å². The Morgan fingerprint density at radius 1 is 1.14 bits per heavy atom. The molecule has 29 heavy (non-hydrogen) atoms. The van der Waals surface area contributed by atoms with Crippen molar-refractivity contribution in [2.45, 2.75) is 52.7 Å². The molecule has 0 bridgehead atoms. The van der Waals surface area contributed by atoms with Gasteiger partial charge in [-0.1, -0.05) is 24.3 Å². The van der Waals surface area contributed by atoms with Crippen LogP contribution < -0.4 is 10.1 Å². The second kappa shape index (κ2) is 9.54. The van der Waals surface area contributed by atoms with E-state index in [1.165, 1.54) is 17.0 Å². The number of carbonyl (C=O) groups excluding carboxylic acids is 2. The predicted molar refractivity (Wildman–Crippen MR) is 111 cm³/mol. The highest BCUT2D eigenvalue weighted by molar-refractivity contribution is 5.88. The van der Waals surface area contributed by atoms with Crippen LogP contribution >= 0.6 is 0 Å². The number of rotatable bonds is 7. The van der Waals surface area contributed by atoms with E-state index < -0.39 is 11.6 Å². The Bertz CT molecular complexity index is 844. The van der Waals surface area contributed by atoms with E-state index >= 15 is 0 Å². The lowest BCUT2D eigenvalue weighted by atomic mass is 10.1. The number of benzene rings is 2. The number of amides is 2. The number of carbonyl (C=O) groups is 2. The number of halogens is 1. The smallest absolute Gasteiger partial charge is 0.261 e. The number of nitrogens with zero attached hydrogens (tertiary/aromatic N) is 1. The van der Waals surface area contributed by atoms with Crippen LogP contribution in [0.5, 0.6) is 5.75 Å². The predicted octanol–water partition coefficient (Wildman–Crippen LogP) is 3.84. The average molecular weight is 400 g/mol. The summed E-state index contributed by atoms with van der Waals surface area (Å²) in [6.07, 6.45) is 0. The van der Waals surface area contributed by atoms with E-state index in [4.69, 9.17) is 4.74 Å². The minimum absolute atomic E-state index is 0.176. The summed E-state index contributed by atoms with van der Waals surface area (Å²) in [6, 6.07) is 12.6. The van der Waals surface area contributed by atoms with E-state index in [0.717, 1.165) is 11.1 Å². The molecule has 0 aliphatic rings. The molecule has 2 aromatic rings. The Labute approximate surface area is 171 Å². The highest BCUT2D eigenvalue weighted by Gasteiger charge is 2.28. The van der Waals surface area contributed by atoms with E-state index in [2.05, 4.69) is 5.32 Å². The van der Waals surface area contributed by atoms with E-state index in [1.807, 2.05) is 45.9 Å². The summed E-state index contributed by atoms with van der Waals surface area (Å²) in [5, 5.41) is 2.90. The van der Waals surface area contributed by atoms with Gasteiger partial charge in [0.1, 0.15) is 17.6 Å². The molecule has 5 nitrogen and oxygen atoms in total. The SMILES string of the molecule is Cc1cccc(OCC(=O)N(Cc2ccc(F)cc2)C(C)C(=O)NC(C)(C)C)c1. The second-order valence-electron chi connectivity index (χ2n) is 8.17. The van der Waals surface area contributed by atoms with Crippen molar-refractivity contribution in [1.29, 1.82) is 0 Å². The van der Waals surface area contributed by atoms with Crippen LogP contribution in [0.2, 0.25) is 0 Å². The Hall–Kier alpha value is -2.89. The molecule has 0 spiro atoms. The molecule has 2 aromatic carbocycles. The van der Waals surface area contributed by atoms with Crippen molar-refractivity contribution >= 4 is 11.8 Å². The van der Waals surface area contributed by atoms with Gasteiger partial charge in [-0.05, 0) is 70.0 Å². The molecule has 1 unspecified atom stereocenters. The molecule has 1 N–H and O–H groups in total. The normalized spacial score (nSPS) is 12.2. The molecule has 6 heteroatoms. The van der Waals surface area contributed by atoms with Crippen LogP contribution in [0.25, 0.3) is 0 Å². The summed E-state index contributed by atoms with van der Waals surface area (Å²) in [4.78, 5) is 27.0. The molecule has 0 aliphatic carbocycles. The first-order valence-electron chi connectivity index (χ1n) is 9.60. The highest BCUT2D eigenvalue weighted by atomic mass is 19.1. The number of hydrogen-bond donors (Lipinski definition) is 1. The first kappa shape index (κ1) is 22.4. The summed E-state index contributed by atoms with van der Waals surface area (Å²) in [5.74, 6) is -0.351. The minimum atomic E-state index is -0.715. The van der Waals surface area contributed by atoms with Gasteiger partial charge in [-0.3, -0.25) is 9.59 Å². The molecule has 0 heterocycles. The van der Waals surface area contributed by atoms with Crippen LogP contribution in [-0.2, 0) is 16.1 Å². The molecule has 0 saturated carbocycles. The second-order valence-corrected chi connectivity index (χ2v) is 8.17. The Balaban J connectivity index is 2.16. The fraction of sp³-hybridized carbons (Fsp3) is 0.391. The molecule has 0 fully saturated rings. The average Bonchev–Trinajstić information content (AvgIpc) is 2.64. The van der Waals surface area contributed by atoms with Gasteiger partial charge in [-0.15, -0.1) is 0 Å².